The van der Waals surface area contributed by atoms with Gasteiger partial charge in [-0.05, 0) is 67.8 Å². The van der Waals surface area contributed by atoms with Gasteiger partial charge >= 0.3 is 0 Å². The molecule has 8 heteroatoms. The fourth-order valence-corrected chi connectivity index (χ4v) is 3.72. The van der Waals surface area contributed by atoms with Gasteiger partial charge in [0.15, 0.2) is 17.3 Å². The van der Waals surface area contributed by atoms with E-state index in [1.807, 2.05) is 19.1 Å². The van der Waals surface area contributed by atoms with Gasteiger partial charge in [0.1, 0.15) is 17.4 Å². The first-order chi connectivity index (χ1) is 16.4. The van der Waals surface area contributed by atoms with Gasteiger partial charge in [-0.15, -0.1) is 0 Å². The Kier molecular flexibility index (Phi) is 7.59. The van der Waals surface area contributed by atoms with Crippen LogP contribution in [0.25, 0.3) is 0 Å². The van der Waals surface area contributed by atoms with E-state index in [0.29, 0.717) is 35.8 Å². The van der Waals surface area contributed by atoms with Gasteiger partial charge in [0.05, 0.1) is 26.4 Å². The van der Waals surface area contributed by atoms with Crippen molar-refractivity contribution in [3.8, 4) is 29.2 Å². The molecule has 0 fully saturated rings. The maximum Gasteiger partial charge on any atom is 0.271 e. The number of pyridine rings is 1. The number of rotatable bonds is 9. The Labute approximate surface area is 197 Å². The maximum absolute atomic E-state index is 13.3. The molecule has 0 aliphatic heterocycles. The van der Waals surface area contributed by atoms with E-state index in [2.05, 4.69) is 0 Å². The van der Waals surface area contributed by atoms with Gasteiger partial charge in [-0.3, -0.25) is 14.2 Å². The van der Waals surface area contributed by atoms with Crippen LogP contribution in [-0.2, 0) is 13.0 Å². The zero-order chi connectivity index (χ0) is 24.8. The minimum atomic E-state index is -0.652. The summed E-state index contributed by atoms with van der Waals surface area (Å²) in [6.07, 6.45) is 0.346. The summed E-state index contributed by atoms with van der Waals surface area (Å²) < 4.78 is 17.0. The van der Waals surface area contributed by atoms with E-state index in [1.165, 1.54) is 21.1 Å². The lowest BCUT2D eigenvalue weighted by Gasteiger charge is -2.16. The molecule has 1 N–H and O–H groups in total. The molecule has 2 aromatic carbocycles. The molecule has 0 aliphatic rings. The second-order valence-electron chi connectivity index (χ2n) is 7.49. The summed E-state index contributed by atoms with van der Waals surface area (Å²) >= 11 is 0. The highest BCUT2D eigenvalue weighted by molar-refractivity contribution is 6.11. The number of carbonyl (C=O) groups is 1. The van der Waals surface area contributed by atoms with E-state index in [9.17, 15) is 20.0 Å². The summed E-state index contributed by atoms with van der Waals surface area (Å²) in [7, 11) is 3.06. The van der Waals surface area contributed by atoms with E-state index in [1.54, 1.807) is 36.4 Å². The van der Waals surface area contributed by atoms with Crippen LogP contribution in [0.3, 0.4) is 0 Å². The van der Waals surface area contributed by atoms with E-state index in [4.69, 9.17) is 14.2 Å². The number of aromatic nitrogens is 1. The lowest BCUT2D eigenvalue weighted by Crippen LogP contribution is -2.27. The lowest BCUT2D eigenvalue weighted by molar-refractivity contribution is 0.103. The molecule has 1 aromatic heterocycles. The molecule has 0 aliphatic carbocycles. The van der Waals surface area contributed by atoms with Crippen LogP contribution >= 0.6 is 0 Å². The van der Waals surface area contributed by atoms with Crippen molar-refractivity contribution in [1.82, 2.24) is 4.57 Å². The lowest BCUT2D eigenvalue weighted by atomic mass is 9.97. The monoisotopic (exact) mass is 462 g/mol. The number of carbonyl (C=O) groups excluding carboxylic acids is 1. The highest BCUT2D eigenvalue weighted by Gasteiger charge is 2.25. The van der Waals surface area contributed by atoms with E-state index >= 15 is 0 Å². The van der Waals surface area contributed by atoms with Gasteiger partial charge in [-0.2, -0.15) is 5.26 Å². The Morgan fingerprint density at radius 2 is 1.76 bits per heavy atom. The van der Waals surface area contributed by atoms with Crippen LogP contribution in [0.5, 0.6) is 23.1 Å². The van der Waals surface area contributed by atoms with Crippen molar-refractivity contribution < 1.29 is 24.1 Å². The second-order valence-corrected chi connectivity index (χ2v) is 7.49. The summed E-state index contributed by atoms with van der Waals surface area (Å²) in [6, 6.07) is 13.7. The molecule has 0 radical (unpaired) electrons. The molecule has 3 aromatic rings. The predicted octanol–water partition coefficient (Wildman–Crippen LogP) is 3.62. The number of ketones is 1. The largest absolute Gasteiger partial charge is 0.494 e. The van der Waals surface area contributed by atoms with Crippen molar-refractivity contribution >= 4 is 5.78 Å². The van der Waals surface area contributed by atoms with Gasteiger partial charge in [-0.1, -0.05) is 6.07 Å². The summed E-state index contributed by atoms with van der Waals surface area (Å²) in [5.41, 5.74) is 0.359. The van der Waals surface area contributed by atoms with Crippen molar-refractivity contribution in [3.63, 3.8) is 0 Å². The molecule has 34 heavy (non-hydrogen) atoms. The normalized spacial score (nSPS) is 10.4. The minimum Gasteiger partial charge on any atom is -0.494 e. The first-order valence-electron chi connectivity index (χ1n) is 10.7. The van der Waals surface area contributed by atoms with Gasteiger partial charge in [0.2, 0.25) is 5.88 Å². The first kappa shape index (κ1) is 24.4. The molecule has 0 saturated heterocycles. The number of ether oxygens (including phenoxy) is 3. The Hall–Kier alpha value is -4.25. The fourth-order valence-electron chi connectivity index (χ4n) is 3.72. The number of aromatic hydroxyl groups is 1. The molecule has 0 amide bonds. The third-order valence-electron chi connectivity index (χ3n) is 5.53. The molecule has 0 atom stereocenters. The van der Waals surface area contributed by atoms with E-state index < -0.39 is 17.2 Å². The Bertz CT molecular complexity index is 1300. The number of nitriles is 1. The van der Waals surface area contributed by atoms with Gasteiger partial charge < -0.3 is 19.3 Å². The smallest absolute Gasteiger partial charge is 0.271 e. The predicted molar refractivity (Wildman–Crippen MR) is 126 cm³/mol. The SMILES string of the molecule is CCOc1ccc(C(=O)c2c(C)c(C#N)c(=O)n(CCc3ccc(OC)c(OC)c3)c2O)cc1. The van der Waals surface area contributed by atoms with Crippen LogP contribution < -0.4 is 19.8 Å². The van der Waals surface area contributed by atoms with Crippen LogP contribution in [0.2, 0.25) is 0 Å². The zero-order valence-electron chi connectivity index (χ0n) is 19.5. The third kappa shape index (κ3) is 4.74. The molecule has 1 heterocycles. The van der Waals surface area contributed by atoms with E-state index in [0.717, 1.165) is 10.1 Å². The summed E-state index contributed by atoms with van der Waals surface area (Å²) in [5, 5.41) is 20.6. The Morgan fingerprint density at radius 3 is 2.35 bits per heavy atom. The van der Waals surface area contributed by atoms with Crippen LogP contribution in [0, 0.1) is 18.3 Å². The molecule has 0 saturated carbocycles. The number of methoxy groups -OCH3 is 2. The summed E-state index contributed by atoms with van der Waals surface area (Å²) in [5.74, 6) is 0.744. The van der Waals surface area contributed by atoms with Gasteiger partial charge in [0.25, 0.3) is 5.56 Å². The molecule has 176 valence electrons. The fraction of sp³-hybridized carbons (Fsp3) is 0.269. The van der Waals surface area contributed by atoms with Crippen molar-refractivity contribution in [1.29, 1.82) is 5.26 Å². The zero-order valence-corrected chi connectivity index (χ0v) is 19.5. The first-order valence-corrected chi connectivity index (χ1v) is 10.7. The Balaban J connectivity index is 2.01. The molecule has 8 nitrogen and oxygen atoms in total. The number of hydrogen-bond donors (Lipinski definition) is 1. The number of benzene rings is 2. The minimum absolute atomic E-state index is 0.0542. The summed E-state index contributed by atoms with van der Waals surface area (Å²) in [4.78, 5) is 26.2. The molecule has 0 spiro atoms. The number of hydrogen-bond acceptors (Lipinski definition) is 7. The summed E-state index contributed by atoms with van der Waals surface area (Å²) in [6.45, 7) is 3.89. The van der Waals surface area contributed by atoms with Crippen molar-refractivity contribution in [2.45, 2.75) is 26.8 Å². The standard InChI is InChI=1S/C26H26N2O6/c1-5-34-19-9-7-18(8-10-19)24(29)23-16(2)20(15-27)25(30)28(26(23)31)13-12-17-6-11-21(32-3)22(14-17)33-4/h6-11,14,31H,5,12-13H2,1-4H3. The topological polar surface area (TPSA) is 111 Å². The second kappa shape index (κ2) is 10.6. The van der Waals surface area contributed by atoms with E-state index in [-0.39, 0.29) is 23.2 Å². The third-order valence-corrected chi connectivity index (χ3v) is 5.53. The quantitative estimate of drug-likeness (QED) is 0.484. The highest BCUT2D eigenvalue weighted by Crippen LogP contribution is 2.29. The molecule has 3 rings (SSSR count). The maximum atomic E-state index is 13.3. The molecule has 0 unspecified atom stereocenters. The average molecular weight is 463 g/mol. The molecule has 0 bridgehead atoms. The number of nitrogens with zero attached hydrogens (tertiary/aromatic N) is 2. The average Bonchev–Trinajstić information content (AvgIpc) is 2.84. The van der Waals surface area contributed by atoms with Crippen molar-refractivity contribution in [2.24, 2.45) is 0 Å². The molecular formula is C26H26N2O6. The van der Waals surface area contributed by atoms with Crippen molar-refractivity contribution in [2.75, 3.05) is 20.8 Å². The molecular weight excluding hydrogens is 436 g/mol. The Morgan fingerprint density at radius 1 is 1.09 bits per heavy atom. The highest BCUT2D eigenvalue weighted by atomic mass is 16.5. The van der Waals surface area contributed by atoms with Gasteiger partial charge in [0, 0.05) is 12.1 Å². The van der Waals surface area contributed by atoms with Crippen LogP contribution in [0.1, 0.15) is 39.5 Å². The number of aryl methyl sites for hydroxylation is 1. The van der Waals surface area contributed by atoms with Crippen LogP contribution in [0.4, 0.5) is 0 Å². The van der Waals surface area contributed by atoms with Crippen LogP contribution in [-0.4, -0.2) is 36.3 Å². The van der Waals surface area contributed by atoms with Crippen molar-refractivity contribution in [3.05, 3.63) is 80.6 Å². The van der Waals surface area contributed by atoms with Crippen LogP contribution in [0.15, 0.2) is 47.3 Å². The van der Waals surface area contributed by atoms with Gasteiger partial charge in [-0.25, -0.2) is 0 Å².